The summed E-state index contributed by atoms with van der Waals surface area (Å²) in [5.74, 6) is 0.662. The Morgan fingerprint density at radius 1 is 0.979 bits per heavy atom. The predicted octanol–water partition coefficient (Wildman–Crippen LogP) is 5.97. The number of aromatic amines is 1. The minimum atomic E-state index is -0.375. The summed E-state index contributed by atoms with van der Waals surface area (Å²) in [6.45, 7) is 1.17. The lowest BCUT2D eigenvalue weighted by Gasteiger charge is -2.12. The Balaban J connectivity index is 1.14. The van der Waals surface area contributed by atoms with Crippen molar-refractivity contribution >= 4 is 28.3 Å². The summed E-state index contributed by atoms with van der Waals surface area (Å²) < 4.78 is 20.5. The van der Waals surface area contributed by atoms with Crippen molar-refractivity contribution in [3.05, 3.63) is 120 Å². The molecular formula is C36H33FN8O2. The molecule has 1 aliphatic heterocycles. The first-order valence-electron chi connectivity index (χ1n) is 15.3. The molecule has 0 aliphatic carbocycles. The third-order valence-electron chi connectivity index (χ3n) is 7.92. The van der Waals surface area contributed by atoms with Gasteiger partial charge in [0.05, 0.1) is 46.9 Å². The number of likely N-dealkylation sites (N-methyl/N-ethyl adjacent to an activating group) is 1. The fourth-order valence-corrected chi connectivity index (χ4v) is 5.62. The van der Waals surface area contributed by atoms with Crippen LogP contribution in [0.25, 0.3) is 33.4 Å². The fraction of sp³-hybridized carbons (Fsp3) is 0.167. The molecule has 3 aromatic heterocycles. The molecule has 236 valence electrons. The summed E-state index contributed by atoms with van der Waals surface area (Å²) in [7, 11) is 3.93. The van der Waals surface area contributed by atoms with E-state index in [9.17, 15) is 9.18 Å². The molecule has 0 saturated carbocycles. The van der Waals surface area contributed by atoms with Crippen LogP contribution in [0.15, 0.2) is 97.5 Å². The van der Waals surface area contributed by atoms with Crippen molar-refractivity contribution in [2.24, 2.45) is 0 Å². The van der Waals surface area contributed by atoms with E-state index in [4.69, 9.17) is 9.72 Å². The summed E-state index contributed by atoms with van der Waals surface area (Å²) in [6, 6.07) is 23.7. The van der Waals surface area contributed by atoms with Crippen LogP contribution in [0.4, 0.5) is 15.8 Å². The fourth-order valence-electron chi connectivity index (χ4n) is 5.62. The smallest absolute Gasteiger partial charge is 0.228 e. The molecule has 0 bridgehead atoms. The van der Waals surface area contributed by atoms with Crippen LogP contribution in [0.2, 0.25) is 0 Å². The second-order valence-electron chi connectivity index (χ2n) is 11.7. The maximum Gasteiger partial charge on any atom is 0.228 e. The first kappa shape index (κ1) is 30.0. The van der Waals surface area contributed by atoms with Gasteiger partial charge in [-0.25, -0.2) is 14.8 Å². The number of hydrazine groups is 1. The topological polar surface area (TPSA) is 120 Å². The highest BCUT2D eigenvalue weighted by Gasteiger charge is 2.28. The molecule has 10 nitrogen and oxygen atoms in total. The van der Waals surface area contributed by atoms with Crippen molar-refractivity contribution in [1.82, 2.24) is 30.3 Å². The lowest BCUT2D eigenvalue weighted by atomic mass is 10.0. The number of para-hydroxylation sites is 1. The number of hydrogen-bond donors (Lipinski definition) is 4. The van der Waals surface area contributed by atoms with Gasteiger partial charge < -0.3 is 25.4 Å². The summed E-state index contributed by atoms with van der Waals surface area (Å²) in [5, 5.41) is 2.94. The number of hydrogen-bond acceptors (Lipinski definition) is 8. The van der Waals surface area contributed by atoms with Gasteiger partial charge in [-0.15, -0.1) is 0 Å². The monoisotopic (exact) mass is 628 g/mol. The molecule has 0 saturated heterocycles. The highest BCUT2D eigenvalue weighted by molar-refractivity contribution is 5.93. The number of halogens is 1. The van der Waals surface area contributed by atoms with E-state index in [1.54, 1.807) is 18.6 Å². The van der Waals surface area contributed by atoms with E-state index < -0.39 is 0 Å². The summed E-state index contributed by atoms with van der Waals surface area (Å²) in [6.07, 6.45) is 5.37. The van der Waals surface area contributed by atoms with Gasteiger partial charge in [0, 0.05) is 35.5 Å². The van der Waals surface area contributed by atoms with E-state index in [1.165, 1.54) is 12.1 Å². The molecule has 6 aromatic rings. The standard InChI is InChI=1S/C36H33FN8O2/c1-45(2)11-12-47-27-16-23(14-25(37)17-27)28-9-6-10-30-34(28)42-36(41-30)35-29-18-31(39-21-32(29)43-44-35)24-15-26(20-38-19-24)40-33(46)13-22-7-4-3-5-8-22/h3-10,14-21,35,43-44H,11-13H2,1-2H3,(H,40,46)(H,41,42). The number of imidazole rings is 1. The van der Waals surface area contributed by atoms with Crippen molar-refractivity contribution in [2.75, 3.05) is 38.0 Å². The largest absolute Gasteiger partial charge is 0.492 e. The van der Waals surface area contributed by atoms with Crippen LogP contribution < -0.4 is 20.9 Å². The van der Waals surface area contributed by atoms with Gasteiger partial charge in [0.15, 0.2) is 0 Å². The SMILES string of the molecule is CN(C)CCOc1cc(F)cc(-c2cccc3[nH]c(C4NNc5cnc(-c6cncc(NC(=O)Cc7ccccc7)c6)cc54)nc23)c1. The van der Waals surface area contributed by atoms with E-state index in [2.05, 4.69) is 31.1 Å². The lowest BCUT2D eigenvalue weighted by molar-refractivity contribution is -0.115. The molecule has 0 spiro atoms. The third kappa shape index (κ3) is 6.67. The highest BCUT2D eigenvalue weighted by atomic mass is 19.1. The molecule has 1 unspecified atom stereocenters. The number of nitrogens with zero attached hydrogens (tertiary/aromatic N) is 4. The van der Waals surface area contributed by atoms with Gasteiger partial charge in [0.2, 0.25) is 5.91 Å². The number of amides is 1. The van der Waals surface area contributed by atoms with Crippen LogP contribution in [0.1, 0.15) is 23.0 Å². The lowest BCUT2D eigenvalue weighted by Crippen LogP contribution is -2.20. The van der Waals surface area contributed by atoms with Crippen LogP contribution in [-0.2, 0) is 11.2 Å². The number of fused-ring (bicyclic) bond motifs is 2. The zero-order valence-electron chi connectivity index (χ0n) is 25.9. The van der Waals surface area contributed by atoms with E-state index in [0.717, 1.165) is 45.5 Å². The van der Waals surface area contributed by atoms with Crippen molar-refractivity contribution < 1.29 is 13.9 Å². The Labute approximate surface area is 271 Å². The molecule has 4 N–H and O–H groups in total. The number of carbonyl (C=O) groups excluding carboxylic acids is 1. The van der Waals surface area contributed by atoms with E-state index >= 15 is 0 Å². The number of H-pyrrole nitrogens is 1. The van der Waals surface area contributed by atoms with Crippen LogP contribution in [0, 0.1) is 5.82 Å². The van der Waals surface area contributed by atoms with Gasteiger partial charge in [-0.1, -0.05) is 42.5 Å². The average Bonchev–Trinajstić information content (AvgIpc) is 3.69. The normalized spacial score (nSPS) is 13.8. The van der Waals surface area contributed by atoms with Crippen molar-refractivity contribution in [3.63, 3.8) is 0 Å². The van der Waals surface area contributed by atoms with Crippen molar-refractivity contribution in [2.45, 2.75) is 12.5 Å². The third-order valence-corrected chi connectivity index (χ3v) is 7.92. The maximum absolute atomic E-state index is 14.7. The number of anilines is 2. The van der Waals surface area contributed by atoms with Crippen molar-refractivity contribution in [1.29, 1.82) is 0 Å². The molecule has 1 amide bonds. The van der Waals surface area contributed by atoms with Crippen LogP contribution in [0.5, 0.6) is 5.75 Å². The molecule has 0 radical (unpaired) electrons. The predicted molar refractivity (Wildman–Crippen MR) is 180 cm³/mol. The van der Waals surface area contributed by atoms with Crippen molar-refractivity contribution in [3.8, 4) is 28.1 Å². The van der Waals surface area contributed by atoms with Gasteiger partial charge >= 0.3 is 0 Å². The molecule has 3 aromatic carbocycles. The second kappa shape index (κ2) is 13.0. The van der Waals surface area contributed by atoms with E-state index in [-0.39, 0.29) is 24.2 Å². The molecular weight excluding hydrogens is 595 g/mol. The van der Waals surface area contributed by atoms with E-state index in [1.807, 2.05) is 85.7 Å². The van der Waals surface area contributed by atoms with Crippen LogP contribution in [0.3, 0.4) is 0 Å². The molecule has 4 heterocycles. The first-order valence-corrected chi connectivity index (χ1v) is 15.3. The molecule has 11 heteroatoms. The summed E-state index contributed by atoms with van der Waals surface area (Å²) in [4.78, 5) is 32.1. The number of ether oxygens (including phenoxy) is 1. The minimum Gasteiger partial charge on any atom is -0.492 e. The Morgan fingerprint density at radius 3 is 2.70 bits per heavy atom. The Hall–Kier alpha value is -5.65. The average molecular weight is 629 g/mol. The minimum absolute atomic E-state index is 0.124. The summed E-state index contributed by atoms with van der Waals surface area (Å²) >= 11 is 0. The van der Waals surface area contributed by atoms with Gasteiger partial charge in [0.1, 0.15) is 30.0 Å². The molecule has 1 atom stereocenters. The molecule has 47 heavy (non-hydrogen) atoms. The Kier molecular flexibility index (Phi) is 8.30. The van der Waals surface area contributed by atoms with Gasteiger partial charge in [0.25, 0.3) is 0 Å². The Bertz CT molecular complexity index is 2060. The number of pyridine rings is 2. The number of aromatic nitrogens is 4. The van der Waals surface area contributed by atoms with Crippen LogP contribution >= 0.6 is 0 Å². The molecule has 0 fully saturated rings. The number of nitrogens with one attached hydrogen (secondary N) is 4. The van der Waals surface area contributed by atoms with Gasteiger partial charge in [-0.05, 0) is 55.6 Å². The number of carbonyl (C=O) groups is 1. The maximum atomic E-state index is 14.7. The zero-order chi connectivity index (χ0) is 32.3. The zero-order valence-corrected chi connectivity index (χ0v) is 25.9. The van der Waals surface area contributed by atoms with Gasteiger partial charge in [-0.3, -0.25) is 14.8 Å². The van der Waals surface area contributed by atoms with E-state index in [0.29, 0.717) is 35.1 Å². The van der Waals surface area contributed by atoms with Gasteiger partial charge in [-0.2, -0.15) is 0 Å². The second-order valence-corrected chi connectivity index (χ2v) is 11.7. The number of rotatable bonds is 10. The summed E-state index contributed by atoms with van der Waals surface area (Å²) in [5.41, 5.74) is 14.3. The first-order chi connectivity index (χ1) is 22.9. The quantitative estimate of drug-likeness (QED) is 0.147. The number of benzene rings is 3. The highest BCUT2D eigenvalue weighted by Crippen LogP contribution is 2.37. The molecule has 1 aliphatic rings. The molecule has 7 rings (SSSR count). The Morgan fingerprint density at radius 2 is 1.85 bits per heavy atom. The van der Waals surface area contributed by atoms with Crippen LogP contribution in [-0.4, -0.2) is 58.0 Å².